The fourth-order valence-electron chi connectivity index (χ4n) is 1.53. The number of carbonyl (C=O) groups excluding carboxylic acids is 1. The number of nitrogens with zero attached hydrogens (tertiary/aromatic N) is 1. The maximum atomic E-state index is 11.2. The van der Waals surface area contributed by atoms with Gasteiger partial charge in [-0.2, -0.15) is 0 Å². The summed E-state index contributed by atoms with van der Waals surface area (Å²) in [5, 5.41) is 0. The Morgan fingerprint density at radius 2 is 2.31 bits per heavy atom. The summed E-state index contributed by atoms with van der Waals surface area (Å²) in [6.45, 7) is 1.38. The van der Waals surface area contributed by atoms with E-state index in [0.29, 0.717) is 6.54 Å². The maximum Gasteiger partial charge on any atom is 0.309 e. The van der Waals surface area contributed by atoms with Crippen molar-refractivity contribution in [2.75, 3.05) is 26.5 Å². The predicted octanol–water partition coefficient (Wildman–Crippen LogP) is 0.165. The van der Waals surface area contributed by atoms with E-state index in [2.05, 4.69) is 4.74 Å². The predicted molar refractivity (Wildman–Crippen MR) is 50.4 cm³/mol. The molecule has 2 unspecified atom stereocenters. The Morgan fingerprint density at radius 3 is 2.85 bits per heavy atom. The molecule has 0 bridgehead atoms. The van der Waals surface area contributed by atoms with Crippen molar-refractivity contribution in [1.29, 1.82) is 0 Å². The summed E-state index contributed by atoms with van der Waals surface area (Å²) >= 11 is 0. The molecule has 1 heterocycles. The lowest BCUT2D eigenvalue weighted by Crippen LogP contribution is -2.39. The molecule has 13 heavy (non-hydrogen) atoms. The summed E-state index contributed by atoms with van der Waals surface area (Å²) in [5.41, 5.74) is 0. The van der Waals surface area contributed by atoms with Crippen molar-refractivity contribution in [3.63, 3.8) is 0 Å². The highest BCUT2D eigenvalue weighted by molar-refractivity contribution is 7.81. The molecule has 1 aliphatic heterocycles. The van der Waals surface area contributed by atoms with Gasteiger partial charge in [0.15, 0.2) is 0 Å². The van der Waals surface area contributed by atoms with Crippen LogP contribution in [0.15, 0.2) is 0 Å². The molecule has 1 rings (SSSR count). The van der Waals surface area contributed by atoms with Gasteiger partial charge in [0, 0.05) is 19.3 Å². The van der Waals surface area contributed by atoms with Gasteiger partial charge in [-0.1, -0.05) is 0 Å². The summed E-state index contributed by atoms with van der Waals surface area (Å²) in [6, 6.07) is 0. The van der Waals surface area contributed by atoms with Gasteiger partial charge >= 0.3 is 5.97 Å². The maximum absolute atomic E-state index is 11.2. The van der Waals surface area contributed by atoms with Gasteiger partial charge in [0.25, 0.3) is 0 Å². The minimum Gasteiger partial charge on any atom is -0.469 e. The van der Waals surface area contributed by atoms with E-state index < -0.39 is 11.0 Å². The Kier molecular flexibility index (Phi) is 3.87. The Bertz CT molecular complexity index is 219. The lowest BCUT2D eigenvalue weighted by atomic mass is 10.0. The fourth-order valence-corrected chi connectivity index (χ4v) is 2.31. The van der Waals surface area contributed by atoms with Gasteiger partial charge in [-0.05, 0) is 12.8 Å². The minimum absolute atomic E-state index is 0.0948. The van der Waals surface area contributed by atoms with E-state index in [4.69, 9.17) is 0 Å². The van der Waals surface area contributed by atoms with Crippen LogP contribution in [-0.4, -0.2) is 40.9 Å². The van der Waals surface area contributed by atoms with E-state index in [-0.39, 0.29) is 11.9 Å². The molecule has 2 atom stereocenters. The number of ether oxygens (including phenoxy) is 1. The van der Waals surface area contributed by atoms with E-state index >= 15 is 0 Å². The molecule has 1 aliphatic rings. The molecule has 0 aromatic rings. The summed E-state index contributed by atoms with van der Waals surface area (Å²) in [5.74, 6) is -0.280. The third-order valence-electron chi connectivity index (χ3n) is 2.28. The van der Waals surface area contributed by atoms with Gasteiger partial charge in [-0.3, -0.25) is 4.79 Å². The zero-order valence-corrected chi connectivity index (χ0v) is 8.80. The van der Waals surface area contributed by atoms with Gasteiger partial charge in [0.1, 0.15) is 0 Å². The highest BCUT2D eigenvalue weighted by atomic mass is 32.2. The van der Waals surface area contributed by atoms with Crippen LogP contribution in [0.1, 0.15) is 12.8 Å². The van der Waals surface area contributed by atoms with Crippen LogP contribution in [0.5, 0.6) is 0 Å². The Balaban J connectivity index is 2.51. The number of hydrogen-bond donors (Lipinski definition) is 0. The zero-order chi connectivity index (χ0) is 9.84. The molecule has 76 valence electrons. The summed E-state index contributed by atoms with van der Waals surface area (Å²) in [6.07, 6.45) is 3.40. The van der Waals surface area contributed by atoms with E-state index in [9.17, 15) is 9.00 Å². The second-order valence-corrected chi connectivity index (χ2v) is 4.54. The summed E-state index contributed by atoms with van der Waals surface area (Å²) in [4.78, 5) is 11.2. The lowest BCUT2D eigenvalue weighted by molar-refractivity contribution is -0.146. The molecular weight excluding hydrogens is 190 g/mol. The molecule has 0 aromatic carbocycles. The zero-order valence-electron chi connectivity index (χ0n) is 7.99. The van der Waals surface area contributed by atoms with Crippen molar-refractivity contribution in [3.05, 3.63) is 0 Å². The number of esters is 1. The van der Waals surface area contributed by atoms with Crippen molar-refractivity contribution in [2.45, 2.75) is 12.8 Å². The van der Waals surface area contributed by atoms with Crippen LogP contribution in [-0.2, 0) is 20.5 Å². The van der Waals surface area contributed by atoms with Crippen molar-refractivity contribution < 1.29 is 13.7 Å². The Labute approximate surface area is 80.8 Å². The highest BCUT2D eigenvalue weighted by Gasteiger charge is 2.27. The number of piperidine rings is 1. The third kappa shape index (κ3) is 2.77. The van der Waals surface area contributed by atoms with Crippen LogP contribution in [0.4, 0.5) is 0 Å². The standard InChI is InChI=1S/C8H15NO3S/c1-12-8(10)7-4-3-5-9(6-7)13(2)11/h7H,3-6H2,1-2H3. The molecule has 0 spiro atoms. The average Bonchev–Trinajstić information content (AvgIpc) is 2.17. The van der Waals surface area contributed by atoms with Crippen LogP contribution < -0.4 is 0 Å². The number of carbonyl (C=O) groups is 1. The molecule has 5 heteroatoms. The smallest absolute Gasteiger partial charge is 0.309 e. The van der Waals surface area contributed by atoms with E-state index in [0.717, 1.165) is 19.4 Å². The largest absolute Gasteiger partial charge is 0.469 e. The summed E-state index contributed by atoms with van der Waals surface area (Å²) in [7, 11) is 0.427. The SMILES string of the molecule is COC(=O)C1CCCN(S(C)=O)C1. The van der Waals surface area contributed by atoms with Gasteiger partial charge in [0.2, 0.25) is 0 Å². The quantitative estimate of drug-likeness (QED) is 0.603. The molecule has 0 aromatic heterocycles. The first-order valence-corrected chi connectivity index (χ1v) is 5.83. The first-order chi connectivity index (χ1) is 6.15. The molecular formula is C8H15NO3S. The topological polar surface area (TPSA) is 46.6 Å². The van der Waals surface area contributed by atoms with E-state index in [1.807, 2.05) is 4.31 Å². The average molecular weight is 205 g/mol. The minimum atomic E-state index is -0.966. The van der Waals surface area contributed by atoms with Crippen molar-refractivity contribution in [3.8, 4) is 0 Å². The van der Waals surface area contributed by atoms with Crippen molar-refractivity contribution >= 4 is 17.0 Å². The fraction of sp³-hybridized carbons (Fsp3) is 0.875. The van der Waals surface area contributed by atoms with E-state index in [1.165, 1.54) is 7.11 Å². The molecule has 0 amide bonds. The molecule has 0 saturated carbocycles. The molecule has 0 N–H and O–H groups in total. The third-order valence-corrected chi connectivity index (χ3v) is 3.34. The van der Waals surface area contributed by atoms with Crippen molar-refractivity contribution in [2.24, 2.45) is 5.92 Å². The van der Waals surface area contributed by atoms with E-state index in [1.54, 1.807) is 6.26 Å². The summed E-state index contributed by atoms with van der Waals surface area (Å²) < 4.78 is 17.6. The molecule has 1 fully saturated rings. The Morgan fingerprint density at radius 1 is 1.62 bits per heavy atom. The molecule has 0 radical (unpaired) electrons. The highest BCUT2D eigenvalue weighted by Crippen LogP contribution is 2.18. The first kappa shape index (κ1) is 10.7. The van der Waals surface area contributed by atoms with Crippen LogP contribution in [0.2, 0.25) is 0 Å². The van der Waals surface area contributed by atoms with Crippen LogP contribution >= 0.6 is 0 Å². The van der Waals surface area contributed by atoms with Crippen molar-refractivity contribution in [1.82, 2.24) is 4.31 Å². The van der Waals surface area contributed by atoms with Crippen LogP contribution in [0, 0.1) is 5.92 Å². The van der Waals surface area contributed by atoms with Gasteiger partial charge in [0.05, 0.1) is 24.0 Å². The number of hydrogen-bond acceptors (Lipinski definition) is 3. The van der Waals surface area contributed by atoms with Crippen LogP contribution in [0.25, 0.3) is 0 Å². The molecule has 4 nitrogen and oxygen atoms in total. The van der Waals surface area contributed by atoms with Gasteiger partial charge in [-0.25, -0.2) is 8.51 Å². The van der Waals surface area contributed by atoms with Crippen LogP contribution in [0.3, 0.4) is 0 Å². The second-order valence-electron chi connectivity index (χ2n) is 3.17. The Hall–Kier alpha value is -0.420. The van der Waals surface area contributed by atoms with Gasteiger partial charge in [-0.15, -0.1) is 0 Å². The number of rotatable bonds is 2. The lowest BCUT2D eigenvalue weighted by Gasteiger charge is -2.28. The molecule has 0 aliphatic carbocycles. The normalized spacial score (nSPS) is 26.8. The second kappa shape index (κ2) is 4.72. The van der Waals surface area contributed by atoms with Gasteiger partial charge < -0.3 is 4.74 Å². The molecule has 1 saturated heterocycles. The number of methoxy groups -OCH3 is 1. The first-order valence-electron chi connectivity index (χ1n) is 4.31. The monoisotopic (exact) mass is 205 g/mol.